The van der Waals surface area contributed by atoms with Crippen molar-refractivity contribution >= 4 is 16.3 Å². The fourth-order valence-electron chi connectivity index (χ4n) is 3.52. The molecule has 0 saturated carbocycles. The average molecular weight is 506 g/mol. The van der Waals surface area contributed by atoms with Crippen molar-refractivity contribution in [3.05, 3.63) is 0 Å². The Balaban J connectivity index is 2.41. The molecule has 0 aromatic carbocycles. The number of amides is 1. The molecule has 0 bridgehead atoms. The Morgan fingerprint density at radius 1 is 1.00 bits per heavy atom. The zero-order valence-corrected chi connectivity index (χ0v) is 18.4. The lowest BCUT2D eigenvalue weighted by Crippen LogP contribution is -2.68. The molecule has 0 aliphatic carbocycles. The van der Waals surface area contributed by atoms with Crippen LogP contribution in [-0.2, 0) is 38.3 Å². The van der Waals surface area contributed by atoms with E-state index in [0.717, 1.165) is 6.92 Å². The summed E-state index contributed by atoms with van der Waals surface area (Å²) >= 11 is 0. The number of hydrogen-bond donors (Lipinski definition) is 8. The highest BCUT2D eigenvalue weighted by molar-refractivity contribution is 7.80. The lowest BCUT2D eigenvalue weighted by molar-refractivity contribution is -0.346. The van der Waals surface area contributed by atoms with Crippen LogP contribution in [0.4, 0.5) is 0 Å². The van der Waals surface area contributed by atoms with Gasteiger partial charge in [-0.05, 0) is 0 Å². The summed E-state index contributed by atoms with van der Waals surface area (Å²) in [5.74, 6) is -0.678. The molecule has 10 atom stereocenters. The van der Waals surface area contributed by atoms with Gasteiger partial charge in [-0.15, -0.1) is 0 Å². The second kappa shape index (κ2) is 12.1. The average Bonchev–Trinajstić information content (AvgIpc) is 2.74. The summed E-state index contributed by atoms with van der Waals surface area (Å²) in [6.45, 7) is -0.580. The Hall–Kier alpha value is -1.06. The number of rotatable bonds is 10. The van der Waals surface area contributed by atoms with Gasteiger partial charge in [-0.3, -0.25) is 9.35 Å². The third-order valence-electron chi connectivity index (χ3n) is 4.97. The normalized spacial score (nSPS) is 39.9. The van der Waals surface area contributed by atoms with Gasteiger partial charge in [0.1, 0.15) is 48.8 Å². The predicted molar refractivity (Wildman–Crippen MR) is 103 cm³/mol. The maximum atomic E-state index is 11.7. The molecule has 0 radical (unpaired) electrons. The summed E-state index contributed by atoms with van der Waals surface area (Å²) < 4.78 is 58.9. The molecule has 2 aliphatic rings. The predicted octanol–water partition coefficient (Wildman–Crippen LogP) is -5.44. The summed E-state index contributed by atoms with van der Waals surface area (Å²) in [6, 6.07) is -1.44. The van der Waals surface area contributed by atoms with Crippen molar-refractivity contribution in [3.63, 3.8) is 0 Å². The van der Waals surface area contributed by atoms with Crippen LogP contribution in [-0.4, -0.2) is 132 Å². The zero-order chi connectivity index (χ0) is 24.9. The van der Waals surface area contributed by atoms with Gasteiger partial charge < -0.3 is 55.5 Å². The first kappa shape index (κ1) is 28.2. The van der Waals surface area contributed by atoms with Crippen LogP contribution in [0, 0.1) is 0 Å². The second-order valence-electron chi connectivity index (χ2n) is 7.40. The highest BCUT2D eigenvalue weighted by Gasteiger charge is 2.53. The van der Waals surface area contributed by atoms with E-state index in [0.29, 0.717) is 0 Å². The van der Waals surface area contributed by atoms with E-state index in [4.69, 9.17) is 28.9 Å². The van der Waals surface area contributed by atoms with Crippen molar-refractivity contribution in [1.82, 2.24) is 5.32 Å². The van der Waals surface area contributed by atoms with Crippen molar-refractivity contribution in [2.75, 3.05) is 26.4 Å². The molecule has 2 heterocycles. The van der Waals surface area contributed by atoms with Crippen LogP contribution in [0.25, 0.3) is 0 Å². The molecule has 194 valence electrons. The van der Waals surface area contributed by atoms with Crippen LogP contribution in [0.2, 0.25) is 0 Å². The monoisotopic (exact) mass is 506 g/mol. The Labute approximate surface area is 189 Å². The molecule has 9 N–H and O–H groups in total. The van der Waals surface area contributed by atoms with Gasteiger partial charge in [0.2, 0.25) is 5.91 Å². The summed E-state index contributed by atoms with van der Waals surface area (Å²) in [5, 5.41) is 51.6. The van der Waals surface area contributed by atoms with Crippen LogP contribution in [0.5, 0.6) is 0 Å². The number of hydrogen-bond acceptors (Lipinski definition) is 14. The Morgan fingerprint density at radius 2 is 1.61 bits per heavy atom. The lowest BCUT2D eigenvalue weighted by atomic mass is 9.95. The molecule has 2 aliphatic heterocycles. The van der Waals surface area contributed by atoms with Crippen molar-refractivity contribution in [2.45, 2.75) is 68.3 Å². The van der Waals surface area contributed by atoms with E-state index in [1.165, 1.54) is 0 Å². The Kier molecular flexibility index (Phi) is 10.3. The standard InChI is InChI=1S/C16H30N2O14S/c1-6(21)18-9-14(32-33(25,26)27)13(8(5-20)30-15(9)28-3-2-17)31-16-12(24)11(23)10(22)7(4-19)29-16/h7-16,19-20,22-24H,2-5,17H2,1H3,(H,18,21)(H,25,26,27)/t7-,8-,9-,10+,11+,12-,13-,14-,15-,16-/m1/s1. The molecule has 2 saturated heterocycles. The molecule has 2 rings (SSSR count). The molecular weight excluding hydrogens is 476 g/mol. The number of ether oxygens (including phenoxy) is 4. The van der Waals surface area contributed by atoms with E-state index in [-0.39, 0.29) is 13.2 Å². The van der Waals surface area contributed by atoms with Gasteiger partial charge in [0.25, 0.3) is 0 Å². The van der Waals surface area contributed by atoms with E-state index < -0.39 is 90.9 Å². The summed E-state index contributed by atoms with van der Waals surface area (Å²) in [4.78, 5) is 11.7. The first-order chi connectivity index (χ1) is 15.4. The van der Waals surface area contributed by atoms with E-state index in [2.05, 4.69) is 5.32 Å². The number of carbonyl (C=O) groups excluding carboxylic acids is 1. The second-order valence-corrected chi connectivity index (χ2v) is 8.45. The fourth-order valence-corrected chi connectivity index (χ4v) is 4.03. The van der Waals surface area contributed by atoms with Crippen LogP contribution in [0.1, 0.15) is 6.92 Å². The number of carbonyl (C=O) groups is 1. The first-order valence-corrected chi connectivity index (χ1v) is 11.3. The van der Waals surface area contributed by atoms with E-state index in [1.807, 2.05) is 0 Å². The highest BCUT2D eigenvalue weighted by Crippen LogP contribution is 2.31. The van der Waals surface area contributed by atoms with E-state index >= 15 is 0 Å². The third kappa shape index (κ3) is 7.21. The molecule has 33 heavy (non-hydrogen) atoms. The molecule has 16 nitrogen and oxygen atoms in total. The lowest BCUT2D eigenvalue weighted by Gasteiger charge is -2.47. The summed E-state index contributed by atoms with van der Waals surface area (Å²) in [5.41, 5.74) is 5.39. The Morgan fingerprint density at radius 3 is 2.12 bits per heavy atom. The van der Waals surface area contributed by atoms with Crippen molar-refractivity contribution in [1.29, 1.82) is 0 Å². The first-order valence-electron chi connectivity index (χ1n) is 9.90. The highest BCUT2D eigenvalue weighted by atomic mass is 32.3. The molecule has 0 unspecified atom stereocenters. The number of nitrogens with two attached hydrogens (primary N) is 1. The quantitative estimate of drug-likeness (QED) is 0.129. The number of aliphatic hydroxyl groups is 5. The zero-order valence-electron chi connectivity index (χ0n) is 17.5. The van der Waals surface area contributed by atoms with Crippen molar-refractivity contribution in [3.8, 4) is 0 Å². The van der Waals surface area contributed by atoms with Crippen LogP contribution in [0.3, 0.4) is 0 Å². The van der Waals surface area contributed by atoms with E-state index in [1.54, 1.807) is 0 Å². The topological polar surface area (TPSA) is 257 Å². The molecule has 0 aromatic rings. The van der Waals surface area contributed by atoms with Crippen molar-refractivity contribution in [2.24, 2.45) is 5.73 Å². The molecular formula is C16H30N2O14S. The maximum Gasteiger partial charge on any atom is 0.397 e. The fraction of sp³-hybridized carbons (Fsp3) is 0.938. The van der Waals surface area contributed by atoms with Gasteiger partial charge >= 0.3 is 10.4 Å². The van der Waals surface area contributed by atoms with Gasteiger partial charge in [0.15, 0.2) is 12.6 Å². The SMILES string of the molecule is CC(=O)N[C@H]1[C@H](OCCN)O[C@H](CO)[C@@H](O[C@H]2O[C@H](CO)[C@H](O)[C@H](O)[C@H]2O)[C@@H]1OS(=O)(=O)O. The van der Waals surface area contributed by atoms with Gasteiger partial charge in [0.05, 0.1) is 19.8 Å². The molecule has 0 aromatic heterocycles. The molecule has 1 amide bonds. The smallest absolute Gasteiger partial charge is 0.394 e. The van der Waals surface area contributed by atoms with Gasteiger partial charge in [-0.2, -0.15) is 8.42 Å². The molecule has 17 heteroatoms. The molecule has 0 spiro atoms. The van der Waals surface area contributed by atoms with Gasteiger partial charge in [-0.25, -0.2) is 4.18 Å². The van der Waals surface area contributed by atoms with Crippen LogP contribution >= 0.6 is 0 Å². The summed E-state index contributed by atoms with van der Waals surface area (Å²) in [7, 11) is -5.17. The maximum absolute atomic E-state index is 11.7. The minimum Gasteiger partial charge on any atom is -0.394 e. The van der Waals surface area contributed by atoms with Crippen LogP contribution < -0.4 is 11.1 Å². The minimum absolute atomic E-state index is 0.0189. The third-order valence-corrected chi connectivity index (χ3v) is 5.43. The summed E-state index contributed by atoms with van der Waals surface area (Å²) in [6.07, 6.45) is -14.9. The molecule has 2 fully saturated rings. The largest absolute Gasteiger partial charge is 0.397 e. The van der Waals surface area contributed by atoms with Gasteiger partial charge in [0, 0.05) is 13.5 Å². The van der Waals surface area contributed by atoms with Crippen LogP contribution in [0.15, 0.2) is 0 Å². The van der Waals surface area contributed by atoms with Crippen molar-refractivity contribution < 1.29 is 66.4 Å². The number of nitrogens with one attached hydrogen (secondary N) is 1. The number of aliphatic hydroxyl groups excluding tert-OH is 5. The van der Waals surface area contributed by atoms with E-state index in [9.17, 15) is 43.3 Å². The minimum atomic E-state index is -5.17. The Bertz CT molecular complexity index is 739. The van der Waals surface area contributed by atoms with Gasteiger partial charge in [-0.1, -0.05) is 0 Å².